The van der Waals surface area contributed by atoms with E-state index in [0.29, 0.717) is 12.8 Å². The van der Waals surface area contributed by atoms with Crippen molar-refractivity contribution >= 4 is 11.4 Å². The molecule has 0 heterocycles. The van der Waals surface area contributed by atoms with Crippen molar-refractivity contribution in [1.29, 1.82) is 10.7 Å². The van der Waals surface area contributed by atoms with Gasteiger partial charge in [0.2, 0.25) is 0 Å². The summed E-state index contributed by atoms with van der Waals surface area (Å²) < 4.78 is 83.8. The van der Waals surface area contributed by atoms with Gasteiger partial charge in [0.15, 0.2) is 0 Å². The van der Waals surface area contributed by atoms with Crippen LogP contribution in [-0.4, -0.2) is 37.2 Å². The van der Waals surface area contributed by atoms with Crippen molar-refractivity contribution < 1.29 is 36.2 Å². The van der Waals surface area contributed by atoms with Crippen LogP contribution in [0.4, 0.5) is 32.0 Å². The van der Waals surface area contributed by atoms with E-state index in [0.717, 1.165) is 18.2 Å². The zero-order valence-corrected chi connectivity index (χ0v) is 18.4. The van der Waals surface area contributed by atoms with Gasteiger partial charge in [-0.2, -0.15) is 31.6 Å². The summed E-state index contributed by atoms with van der Waals surface area (Å²) in [7, 11) is 1.58. The molecule has 0 saturated heterocycles. The van der Waals surface area contributed by atoms with Crippen molar-refractivity contribution in [2.45, 2.75) is 38.5 Å². The number of ether oxygens (including phenoxy) is 1. The van der Waals surface area contributed by atoms with Crippen molar-refractivity contribution in [1.82, 2.24) is 0 Å². The summed E-state index contributed by atoms with van der Waals surface area (Å²) >= 11 is 0. The highest BCUT2D eigenvalue weighted by atomic mass is 19.4. The molecule has 0 aromatic heterocycles. The van der Waals surface area contributed by atoms with Crippen LogP contribution >= 0.6 is 0 Å². The lowest BCUT2D eigenvalue weighted by atomic mass is 10.00. The number of anilines is 1. The third-order valence-electron chi connectivity index (χ3n) is 5.06. The largest absolute Gasteiger partial charge is 0.507 e. The van der Waals surface area contributed by atoms with Gasteiger partial charge in [-0.25, -0.2) is 0 Å². The monoisotopic (exact) mass is 487 g/mol. The normalized spacial score (nSPS) is 11.7. The molecule has 0 aliphatic rings. The first-order valence-corrected chi connectivity index (χ1v) is 10.3. The molecule has 0 saturated carbocycles. The van der Waals surface area contributed by atoms with Crippen LogP contribution in [0.2, 0.25) is 0 Å². The van der Waals surface area contributed by atoms with Crippen LogP contribution < -0.4 is 9.64 Å². The van der Waals surface area contributed by atoms with Crippen LogP contribution in [0.1, 0.15) is 42.0 Å². The minimum Gasteiger partial charge on any atom is -0.507 e. The van der Waals surface area contributed by atoms with Crippen molar-refractivity contribution in [3.05, 3.63) is 52.6 Å². The molecule has 11 heteroatoms. The molecule has 0 unspecified atom stereocenters. The first-order chi connectivity index (χ1) is 15.8. The molecule has 184 valence electrons. The Labute approximate surface area is 192 Å². The Kier molecular flexibility index (Phi) is 8.42. The molecule has 2 rings (SSSR count). The summed E-state index contributed by atoms with van der Waals surface area (Å²) in [6.07, 6.45) is -8.49. The van der Waals surface area contributed by atoms with Gasteiger partial charge < -0.3 is 14.7 Å². The SMILES string of the molecule is CCCc1c(OCCCN(C)c2ccc(C#N)c(C(F)(F)F)c2)ccc(C(=N)C(F)(F)F)c1O. The summed E-state index contributed by atoms with van der Waals surface area (Å²) in [6, 6.07) is 7.16. The van der Waals surface area contributed by atoms with E-state index in [2.05, 4.69) is 0 Å². The first-order valence-electron chi connectivity index (χ1n) is 10.3. The molecule has 2 aromatic rings. The van der Waals surface area contributed by atoms with Crippen LogP contribution in [0.5, 0.6) is 11.5 Å². The number of nitrogens with zero attached hydrogens (tertiary/aromatic N) is 2. The number of nitrogens with one attached hydrogen (secondary N) is 1. The predicted molar refractivity (Wildman–Crippen MR) is 115 cm³/mol. The van der Waals surface area contributed by atoms with Gasteiger partial charge in [-0.3, -0.25) is 5.41 Å². The van der Waals surface area contributed by atoms with E-state index >= 15 is 0 Å². The highest BCUT2D eigenvalue weighted by Gasteiger charge is 2.37. The number of benzene rings is 2. The van der Waals surface area contributed by atoms with Crippen molar-refractivity contribution in [2.75, 3.05) is 25.1 Å². The van der Waals surface area contributed by atoms with Gasteiger partial charge in [0.25, 0.3) is 0 Å². The molecule has 2 aromatic carbocycles. The number of hydrogen-bond acceptors (Lipinski definition) is 5. The number of hydrogen-bond donors (Lipinski definition) is 2. The van der Waals surface area contributed by atoms with E-state index in [4.69, 9.17) is 15.4 Å². The Morgan fingerprint density at radius 2 is 1.82 bits per heavy atom. The highest BCUT2D eigenvalue weighted by molar-refractivity contribution is 6.04. The van der Waals surface area contributed by atoms with Crippen LogP contribution in [0.15, 0.2) is 30.3 Å². The smallest absolute Gasteiger partial charge is 0.433 e. The summed E-state index contributed by atoms with van der Waals surface area (Å²) in [5, 5.41) is 26.5. The second kappa shape index (κ2) is 10.7. The maximum Gasteiger partial charge on any atom is 0.433 e. The third-order valence-corrected chi connectivity index (χ3v) is 5.06. The van der Waals surface area contributed by atoms with Gasteiger partial charge in [0.1, 0.15) is 17.2 Å². The zero-order valence-electron chi connectivity index (χ0n) is 18.4. The second-order valence-corrected chi connectivity index (χ2v) is 7.52. The van der Waals surface area contributed by atoms with Crippen molar-refractivity contribution in [3.8, 4) is 17.6 Å². The molecule has 0 spiro atoms. The fourth-order valence-electron chi connectivity index (χ4n) is 3.31. The van der Waals surface area contributed by atoms with Crippen LogP contribution in [0.3, 0.4) is 0 Å². The summed E-state index contributed by atoms with van der Waals surface area (Å²) in [6.45, 7) is 2.14. The summed E-state index contributed by atoms with van der Waals surface area (Å²) in [5.41, 5.74) is -3.38. The van der Waals surface area contributed by atoms with Gasteiger partial charge in [0.05, 0.1) is 23.8 Å². The van der Waals surface area contributed by atoms with Crippen molar-refractivity contribution in [2.24, 2.45) is 0 Å². The van der Waals surface area contributed by atoms with Crippen LogP contribution in [-0.2, 0) is 12.6 Å². The number of phenolic OH excluding ortho intramolecular Hbond substituents is 1. The molecular weight excluding hydrogens is 464 g/mol. The van der Waals surface area contributed by atoms with E-state index in [1.165, 1.54) is 18.2 Å². The molecule has 0 fully saturated rings. The highest BCUT2D eigenvalue weighted by Crippen LogP contribution is 2.36. The quantitative estimate of drug-likeness (QED) is 0.256. The van der Waals surface area contributed by atoms with Crippen LogP contribution in [0, 0.1) is 16.7 Å². The number of nitriles is 1. The third kappa shape index (κ3) is 6.34. The van der Waals surface area contributed by atoms with E-state index in [9.17, 15) is 31.4 Å². The van der Waals surface area contributed by atoms with Gasteiger partial charge in [-0.1, -0.05) is 13.3 Å². The first kappa shape index (κ1) is 26.8. The number of rotatable bonds is 9. The zero-order chi connectivity index (χ0) is 25.7. The molecule has 0 amide bonds. The number of halogens is 6. The maximum absolute atomic E-state index is 13.2. The average Bonchev–Trinajstić information content (AvgIpc) is 2.76. The lowest BCUT2D eigenvalue weighted by Gasteiger charge is -2.21. The van der Waals surface area contributed by atoms with Crippen LogP contribution in [0.25, 0.3) is 0 Å². The van der Waals surface area contributed by atoms with E-state index < -0.39 is 40.5 Å². The standard InChI is InChI=1S/C23H23F6N3O2/c1-3-5-16-19(9-8-17(20(16)33)21(31)23(27,28)29)34-11-4-10-32(2)15-7-6-14(13-30)18(12-15)22(24,25)26/h6-9,12,31,33H,3-5,10-11H2,1-2H3. The van der Waals surface area contributed by atoms with Gasteiger partial charge in [0, 0.05) is 30.4 Å². The van der Waals surface area contributed by atoms with E-state index in [1.54, 1.807) is 18.9 Å². The average molecular weight is 487 g/mol. The summed E-state index contributed by atoms with van der Waals surface area (Å²) in [5.74, 6) is -0.477. The Hall–Kier alpha value is -3.42. The fraction of sp³-hybridized carbons (Fsp3) is 0.391. The number of alkyl halides is 6. The molecule has 34 heavy (non-hydrogen) atoms. The molecule has 5 nitrogen and oxygen atoms in total. The van der Waals surface area contributed by atoms with E-state index in [1.807, 2.05) is 0 Å². The lowest BCUT2D eigenvalue weighted by Crippen LogP contribution is -2.23. The molecule has 0 radical (unpaired) electrons. The Morgan fingerprint density at radius 3 is 2.38 bits per heavy atom. The lowest BCUT2D eigenvalue weighted by molar-refractivity contribution is -0.137. The molecule has 0 bridgehead atoms. The Balaban J connectivity index is 2.09. The molecule has 2 N–H and O–H groups in total. The van der Waals surface area contributed by atoms with Crippen molar-refractivity contribution in [3.63, 3.8) is 0 Å². The van der Waals surface area contributed by atoms with Gasteiger partial charge >= 0.3 is 12.4 Å². The van der Waals surface area contributed by atoms with Gasteiger partial charge in [-0.15, -0.1) is 0 Å². The predicted octanol–water partition coefficient (Wildman–Crippen LogP) is 6.07. The van der Waals surface area contributed by atoms with E-state index in [-0.39, 0.29) is 36.6 Å². The number of aromatic hydroxyl groups is 1. The minimum atomic E-state index is -4.91. The topological polar surface area (TPSA) is 80.3 Å². The molecular formula is C23H23F6N3O2. The number of phenols is 1. The molecule has 0 atom stereocenters. The molecule has 0 aliphatic carbocycles. The van der Waals surface area contributed by atoms with Gasteiger partial charge in [-0.05, 0) is 43.2 Å². The molecule has 0 aliphatic heterocycles. The minimum absolute atomic E-state index is 0.0823. The Bertz CT molecular complexity index is 1070. The summed E-state index contributed by atoms with van der Waals surface area (Å²) in [4.78, 5) is 1.55. The second-order valence-electron chi connectivity index (χ2n) is 7.52. The maximum atomic E-state index is 13.2. The Morgan fingerprint density at radius 1 is 1.15 bits per heavy atom. The fourth-order valence-corrected chi connectivity index (χ4v) is 3.31.